The smallest absolute Gasteiger partial charge is 0.264 e. The number of methoxy groups -OCH3 is 1. The molecule has 2 amide bonds. The molecule has 0 aliphatic rings. The van der Waals surface area contributed by atoms with E-state index in [0.29, 0.717) is 27.8 Å². The van der Waals surface area contributed by atoms with Crippen molar-refractivity contribution in [3.8, 4) is 5.75 Å². The number of anilines is 1. The van der Waals surface area contributed by atoms with Crippen molar-refractivity contribution in [2.24, 2.45) is 0 Å². The molecule has 12 heteroatoms. The van der Waals surface area contributed by atoms with Crippen LogP contribution in [-0.2, 0) is 26.2 Å². The molecule has 8 nitrogen and oxygen atoms in total. The average molecular weight is 655 g/mol. The van der Waals surface area contributed by atoms with Crippen LogP contribution >= 0.6 is 34.8 Å². The van der Waals surface area contributed by atoms with Crippen molar-refractivity contribution in [1.82, 2.24) is 10.2 Å². The number of aryl methyl sites for hydroxylation is 1. The lowest BCUT2D eigenvalue weighted by atomic mass is 10.1. The van der Waals surface area contributed by atoms with Gasteiger partial charge in [-0.3, -0.25) is 13.9 Å². The van der Waals surface area contributed by atoms with Gasteiger partial charge in [0, 0.05) is 28.2 Å². The number of ether oxygens (including phenoxy) is 1. The van der Waals surface area contributed by atoms with E-state index in [4.69, 9.17) is 39.5 Å². The third-order valence-corrected chi connectivity index (χ3v) is 9.66. The maximum absolute atomic E-state index is 14.1. The summed E-state index contributed by atoms with van der Waals surface area (Å²) in [7, 11) is -2.82. The van der Waals surface area contributed by atoms with Gasteiger partial charge in [0.15, 0.2) is 0 Å². The summed E-state index contributed by atoms with van der Waals surface area (Å²) >= 11 is 19.2. The first-order valence-electron chi connectivity index (χ1n) is 13.3. The van der Waals surface area contributed by atoms with Crippen molar-refractivity contribution in [2.45, 2.75) is 57.6 Å². The van der Waals surface area contributed by atoms with Crippen molar-refractivity contribution in [2.75, 3.05) is 18.0 Å². The van der Waals surface area contributed by atoms with Gasteiger partial charge >= 0.3 is 0 Å². The molecule has 0 aliphatic carbocycles. The zero-order valence-electron chi connectivity index (χ0n) is 24.0. The number of nitrogens with zero attached hydrogens (tertiary/aromatic N) is 2. The van der Waals surface area contributed by atoms with Crippen molar-refractivity contribution in [3.05, 3.63) is 86.9 Å². The summed E-state index contributed by atoms with van der Waals surface area (Å²) in [6.45, 7) is 6.42. The minimum Gasteiger partial charge on any atom is -0.495 e. The molecule has 0 aliphatic heterocycles. The highest BCUT2D eigenvalue weighted by atomic mass is 35.5. The second-order valence-corrected chi connectivity index (χ2v) is 12.9. The normalized spacial score (nSPS) is 12.8. The molecule has 3 aromatic rings. The molecule has 3 aromatic carbocycles. The van der Waals surface area contributed by atoms with Gasteiger partial charge in [0.1, 0.15) is 18.3 Å². The van der Waals surface area contributed by atoms with E-state index in [1.165, 1.54) is 42.3 Å². The summed E-state index contributed by atoms with van der Waals surface area (Å²) in [4.78, 5) is 28.6. The molecule has 42 heavy (non-hydrogen) atoms. The van der Waals surface area contributed by atoms with Gasteiger partial charge in [-0.1, -0.05) is 65.5 Å². The summed E-state index contributed by atoms with van der Waals surface area (Å²) in [5.74, 6) is -0.716. The first-order valence-corrected chi connectivity index (χ1v) is 15.8. The van der Waals surface area contributed by atoms with Gasteiger partial charge in [-0.15, -0.1) is 0 Å². The summed E-state index contributed by atoms with van der Waals surface area (Å²) < 4.78 is 34.2. The largest absolute Gasteiger partial charge is 0.495 e. The van der Waals surface area contributed by atoms with E-state index in [2.05, 4.69) is 5.32 Å². The Labute approximate surface area is 262 Å². The quantitative estimate of drug-likeness (QED) is 0.241. The molecule has 3 rings (SSSR count). The van der Waals surface area contributed by atoms with Gasteiger partial charge in [0.2, 0.25) is 11.8 Å². The Balaban J connectivity index is 2.10. The number of benzene rings is 3. The standard InChI is InChI=1S/C30H34Cl3N3O5S/c1-6-20(3)34-30(38)21(4)35(17-24-25(31)8-7-9-26(24)32)29(37)18-36(22-12-15-28(41-5)27(33)16-22)42(39,40)23-13-10-19(2)11-14-23/h7-16,20-21H,6,17-18H2,1-5H3,(H,34,38). The molecular formula is C30H34Cl3N3O5S. The highest BCUT2D eigenvalue weighted by molar-refractivity contribution is 7.92. The molecule has 0 saturated carbocycles. The number of hydrogen-bond acceptors (Lipinski definition) is 5. The van der Waals surface area contributed by atoms with Gasteiger partial charge in [-0.05, 0) is 69.7 Å². The van der Waals surface area contributed by atoms with Gasteiger partial charge < -0.3 is 15.0 Å². The summed E-state index contributed by atoms with van der Waals surface area (Å²) in [6.07, 6.45) is 0.684. The zero-order valence-corrected chi connectivity index (χ0v) is 27.1. The fourth-order valence-corrected chi connectivity index (χ4v) is 6.25. The number of amides is 2. The number of carbonyl (C=O) groups excluding carboxylic acids is 2. The molecule has 0 spiro atoms. The lowest BCUT2D eigenvalue weighted by Crippen LogP contribution is -2.52. The average Bonchev–Trinajstić information content (AvgIpc) is 2.95. The van der Waals surface area contributed by atoms with Crippen LogP contribution in [0.2, 0.25) is 15.1 Å². The highest BCUT2D eigenvalue weighted by Gasteiger charge is 2.33. The molecule has 0 heterocycles. The van der Waals surface area contributed by atoms with Crippen molar-refractivity contribution < 1.29 is 22.7 Å². The van der Waals surface area contributed by atoms with Gasteiger partial charge in [-0.2, -0.15) is 0 Å². The molecule has 0 saturated heterocycles. The van der Waals surface area contributed by atoms with Gasteiger partial charge in [0.05, 0.1) is 22.7 Å². The maximum atomic E-state index is 14.1. The monoisotopic (exact) mass is 653 g/mol. The van der Waals surface area contributed by atoms with Crippen LogP contribution in [0.4, 0.5) is 5.69 Å². The van der Waals surface area contributed by atoms with E-state index in [9.17, 15) is 18.0 Å². The maximum Gasteiger partial charge on any atom is 0.264 e. The van der Waals surface area contributed by atoms with Crippen molar-refractivity contribution >= 4 is 62.3 Å². The van der Waals surface area contributed by atoms with Gasteiger partial charge in [0.25, 0.3) is 10.0 Å². The SMILES string of the molecule is CCC(C)NC(=O)C(C)N(Cc1c(Cl)cccc1Cl)C(=O)CN(c1ccc(OC)c(Cl)c1)S(=O)(=O)c1ccc(C)cc1. The molecular weight excluding hydrogens is 621 g/mol. The Morgan fingerprint density at radius 2 is 1.57 bits per heavy atom. The molecule has 2 atom stereocenters. The topological polar surface area (TPSA) is 96.0 Å². The minimum atomic E-state index is -4.26. The summed E-state index contributed by atoms with van der Waals surface area (Å²) in [5, 5.41) is 3.66. The van der Waals surface area contributed by atoms with E-state index < -0.39 is 34.4 Å². The van der Waals surface area contributed by atoms with Gasteiger partial charge in [-0.25, -0.2) is 8.42 Å². The molecule has 2 unspecified atom stereocenters. The number of carbonyl (C=O) groups is 2. The predicted molar refractivity (Wildman–Crippen MR) is 168 cm³/mol. The zero-order chi connectivity index (χ0) is 31.2. The Kier molecular flexibility index (Phi) is 11.5. The first-order chi connectivity index (χ1) is 19.8. The van der Waals surface area contributed by atoms with E-state index in [-0.39, 0.29) is 28.2 Å². The molecule has 0 bridgehead atoms. The van der Waals surface area contributed by atoms with Crippen LogP contribution in [0.3, 0.4) is 0 Å². The number of rotatable bonds is 12. The third kappa shape index (κ3) is 7.89. The molecule has 0 aromatic heterocycles. The van der Waals surface area contributed by atoms with Crippen LogP contribution in [0.5, 0.6) is 5.75 Å². The van der Waals surface area contributed by atoms with Crippen LogP contribution in [0.15, 0.2) is 65.6 Å². The lowest BCUT2D eigenvalue weighted by Gasteiger charge is -2.33. The van der Waals surface area contributed by atoms with Crippen molar-refractivity contribution in [1.29, 1.82) is 0 Å². The third-order valence-electron chi connectivity index (χ3n) is 6.87. The number of hydrogen-bond donors (Lipinski definition) is 1. The first kappa shape index (κ1) is 33.5. The Bertz CT molecular complexity index is 1510. The lowest BCUT2D eigenvalue weighted by molar-refractivity contribution is -0.139. The predicted octanol–water partition coefficient (Wildman–Crippen LogP) is 6.49. The van der Waals surface area contributed by atoms with Crippen LogP contribution in [0, 0.1) is 6.92 Å². The van der Waals surface area contributed by atoms with Crippen LogP contribution in [-0.4, -0.2) is 50.9 Å². The number of halogens is 3. The summed E-state index contributed by atoms with van der Waals surface area (Å²) in [6, 6.07) is 14.5. The number of nitrogens with one attached hydrogen (secondary N) is 1. The number of sulfonamides is 1. The van der Waals surface area contributed by atoms with E-state index in [1.54, 1.807) is 37.3 Å². The van der Waals surface area contributed by atoms with E-state index in [1.807, 2.05) is 20.8 Å². The highest BCUT2D eigenvalue weighted by Crippen LogP contribution is 2.33. The second kappa shape index (κ2) is 14.5. The van der Waals surface area contributed by atoms with Crippen LogP contribution in [0.25, 0.3) is 0 Å². The summed E-state index contributed by atoms with van der Waals surface area (Å²) in [5.41, 5.74) is 1.44. The second-order valence-electron chi connectivity index (χ2n) is 9.86. The molecule has 0 radical (unpaired) electrons. The Morgan fingerprint density at radius 1 is 0.952 bits per heavy atom. The van der Waals surface area contributed by atoms with E-state index in [0.717, 1.165) is 9.87 Å². The Morgan fingerprint density at radius 3 is 2.12 bits per heavy atom. The Hall–Kier alpha value is -2.98. The molecule has 1 N–H and O–H groups in total. The fourth-order valence-electron chi connectivity index (χ4n) is 4.08. The molecule has 0 fully saturated rings. The van der Waals surface area contributed by atoms with Crippen LogP contribution < -0.4 is 14.4 Å². The minimum absolute atomic E-state index is 0.0175. The fraction of sp³-hybridized carbons (Fsp3) is 0.333. The molecule has 226 valence electrons. The van der Waals surface area contributed by atoms with E-state index >= 15 is 0 Å². The van der Waals surface area contributed by atoms with Crippen molar-refractivity contribution in [3.63, 3.8) is 0 Å². The van der Waals surface area contributed by atoms with Crippen LogP contribution in [0.1, 0.15) is 38.3 Å².